The number of rotatable bonds is 10. The van der Waals surface area contributed by atoms with Crippen molar-refractivity contribution in [3.05, 3.63) is 11.8 Å². The van der Waals surface area contributed by atoms with Gasteiger partial charge in [0.25, 0.3) is 0 Å². The predicted octanol–water partition coefficient (Wildman–Crippen LogP) is 3.20. The van der Waals surface area contributed by atoms with Gasteiger partial charge in [0.2, 0.25) is 0 Å². The van der Waals surface area contributed by atoms with E-state index in [0.717, 1.165) is 0 Å². The molecule has 2 aliphatic heterocycles. The van der Waals surface area contributed by atoms with Crippen LogP contribution in [0.5, 0.6) is 0 Å². The SMILES string of the molecule is COC(=O)C(CCSCC1C2OC(C)(C)OC2C(C(C#N)=CNCC#N)N1C(=O)OC(C)(C)C)NC(=O)OC(C)(C)C. The molecule has 2 rings (SSSR count). The molecule has 5 atom stereocenters. The number of likely N-dealkylation sites (tertiary alicyclic amines) is 1. The third-order valence-corrected chi connectivity index (χ3v) is 7.12. The average molecular weight is 610 g/mol. The van der Waals surface area contributed by atoms with Gasteiger partial charge >= 0.3 is 18.2 Å². The molecule has 42 heavy (non-hydrogen) atoms. The number of hydrogen-bond acceptors (Lipinski definition) is 12. The minimum absolute atomic E-state index is 0.0285. The standard InChI is InChI=1S/C28H43N5O8S/c1-26(2,3)40-24(35)32-18(23(34)37-9)10-13-42-16-19-21-22(39-28(7,8)38-21)20(17(14-30)15-31-12-11-29)33(19)25(36)41-27(4,5)6/h15,18-22,31H,10,12-13,16H2,1-9H3,(H,32,35). The van der Waals surface area contributed by atoms with Crippen LogP contribution in [0, 0.1) is 22.7 Å². The van der Waals surface area contributed by atoms with Crippen LogP contribution in [0.25, 0.3) is 0 Å². The van der Waals surface area contributed by atoms with Crippen molar-refractivity contribution in [2.24, 2.45) is 0 Å². The van der Waals surface area contributed by atoms with E-state index in [1.807, 2.05) is 6.07 Å². The molecule has 2 N–H and O–H groups in total. The molecule has 2 amide bonds. The summed E-state index contributed by atoms with van der Waals surface area (Å²) in [5.41, 5.74) is -1.36. The van der Waals surface area contributed by atoms with Crippen molar-refractivity contribution >= 4 is 29.9 Å². The zero-order valence-electron chi connectivity index (χ0n) is 25.8. The number of carbonyl (C=O) groups excluding carboxylic acids is 3. The molecule has 0 bridgehead atoms. The first-order chi connectivity index (χ1) is 19.4. The van der Waals surface area contributed by atoms with E-state index >= 15 is 0 Å². The lowest BCUT2D eigenvalue weighted by molar-refractivity contribution is -0.163. The molecule has 2 heterocycles. The van der Waals surface area contributed by atoms with Crippen molar-refractivity contribution < 1.29 is 38.1 Å². The number of thioether (sulfide) groups is 1. The summed E-state index contributed by atoms with van der Waals surface area (Å²) in [4.78, 5) is 39.7. The van der Waals surface area contributed by atoms with Crippen molar-refractivity contribution in [2.45, 2.75) is 109 Å². The summed E-state index contributed by atoms with van der Waals surface area (Å²) in [6.07, 6.45) is -0.996. The second-order valence-corrected chi connectivity index (χ2v) is 13.5. The van der Waals surface area contributed by atoms with Crippen LogP contribution in [0.15, 0.2) is 11.8 Å². The number of nitrogens with zero attached hydrogens (tertiary/aromatic N) is 3. The number of hydrogen-bond donors (Lipinski definition) is 2. The Balaban J connectivity index is 2.30. The molecular formula is C28H43N5O8S. The third-order valence-electron chi connectivity index (χ3n) is 6.02. The van der Waals surface area contributed by atoms with Gasteiger partial charge < -0.3 is 34.3 Å². The molecule has 0 aromatic heterocycles. The van der Waals surface area contributed by atoms with E-state index in [-0.39, 0.29) is 18.5 Å². The summed E-state index contributed by atoms with van der Waals surface area (Å²) in [7, 11) is 1.24. The Morgan fingerprint density at radius 1 is 1.07 bits per heavy atom. The summed E-state index contributed by atoms with van der Waals surface area (Å²) >= 11 is 1.43. The second-order valence-electron chi connectivity index (χ2n) is 12.3. The van der Waals surface area contributed by atoms with E-state index in [2.05, 4.69) is 16.7 Å². The van der Waals surface area contributed by atoms with E-state index in [4.69, 9.17) is 28.9 Å². The lowest BCUT2D eigenvalue weighted by Crippen LogP contribution is -2.50. The molecular weight excluding hydrogens is 566 g/mol. The lowest BCUT2D eigenvalue weighted by Gasteiger charge is -2.35. The molecule has 234 valence electrons. The number of alkyl carbamates (subject to hydrolysis) is 1. The fourth-order valence-corrected chi connectivity index (χ4v) is 5.74. The van der Waals surface area contributed by atoms with Gasteiger partial charge in [0.1, 0.15) is 42.0 Å². The molecule has 0 spiro atoms. The largest absolute Gasteiger partial charge is 0.467 e. The molecule has 0 aliphatic carbocycles. The molecule has 14 heteroatoms. The van der Waals surface area contributed by atoms with Crippen LogP contribution in [0.4, 0.5) is 9.59 Å². The number of fused-ring (bicyclic) bond motifs is 1. The van der Waals surface area contributed by atoms with E-state index in [9.17, 15) is 19.6 Å². The first kappa shape index (κ1) is 35.0. The minimum atomic E-state index is -0.968. The van der Waals surface area contributed by atoms with Crippen LogP contribution in [0.3, 0.4) is 0 Å². The molecule has 0 saturated carbocycles. The summed E-state index contributed by atoms with van der Waals surface area (Å²) < 4.78 is 28.3. The molecule has 5 unspecified atom stereocenters. The number of ether oxygens (including phenoxy) is 5. The van der Waals surface area contributed by atoms with Crippen LogP contribution in [-0.4, -0.2) is 95.5 Å². The third kappa shape index (κ3) is 9.96. The maximum Gasteiger partial charge on any atom is 0.411 e. The van der Waals surface area contributed by atoms with Gasteiger partial charge in [-0.3, -0.25) is 4.90 Å². The minimum Gasteiger partial charge on any atom is -0.467 e. The van der Waals surface area contributed by atoms with E-state index in [1.165, 1.54) is 30.0 Å². The highest BCUT2D eigenvalue weighted by Crippen LogP contribution is 2.44. The molecule has 0 aromatic rings. The summed E-state index contributed by atoms with van der Waals surface area (Å²) in [6, 6.07) is 1.75. The van der Waals surface area contributed by atoms with E-state index in [1.54, 1.807) is 55.4 Å². The fraction of sp³-hybridized carbons (Fsp3) is 0.750. The maximum absolute atomic E-state index is 13.6. The second kappa shape index (κ2) is 14.3. The van der Waals surface area contributed by atoms with Gasteiger partial charge in [-0.2, -0.15) is 22.3 Å². The smallest absolute Gasteiger partial charge is 0.411 e. The highest BCUT2D eigenvalue weighted by Gasteiger charge is 2.60. The zero-order valence-corrected chi connectivity index (χ0v) is 26.6. The van der Waals surface area contributed by atoms with E-state index in [0.29, 0.717) is 11.5 Å². The van der Waals surface area contributed by atoms with Crippen molar-refractivity contribution in [1.82, 2.24) is 15.5 Å². The normalized spacial score (nSPS) is 24.1. The first-order valence-corrected chi connectivity index (χ1v) is 14.8. The van der Waals surface area contributed by atoms with Crippen LogP contribution >= 0.6 is 11.8 Å². The van der Waals surface area contributed by atoms with Crippen LogP contribution < -0.4 is 10.6 Å². The number of methoxy groups -OCH3 is 1. The molecule has 0 radical (unpaired) electrons. The predicted molar refractivity (Wildman–Crippen MR) is 154 cm³/mol. The average Bonchev–Trinajstić information content (AvgIpc) is 3.31. The number of amides is 2. The van der Waals surface area contributed by atoms with Gasteiger partial charge in [-0.1, -0.05) is 0 Å². The van der Waals surface area contributed by atoms with Gasteiger partial charge in [0, 0.05) is 12.0 Å². The highest BCUT2D eigenvalue weighted by molar-refractivity contribution is 7.99. The van der Waals surface area contributed by atoms with Crippen molar-refractivity contribution in [2.75, 3.05) is 25.2 Å². The van der Waals surface area contributed by atoms with Gasteiger partial charge in [-0.25, -0.2) is 14.4 Å². The number of esters is 1. The van der Waals surface area contributed by atoms with Crippen LogP contribution in [-0.2, 0) is 28.5 Å². The van der Waals surface area contributed by atoms with Gasteiger partial charge in [-0.05, 0) is 67.6 Å². The van der Waals surface area contributed by atoms with Crippen molar-refractivity contribution in [3.63, 3.8) is 0 Å². The Morgan fingerprint density at radius 2 is 1.69 bits per heavy atom. The molecule has 2 fully saturated rings. The summed E-state index contributed by atoms with van der Waals surface area (Å²) in [5, 5.41) is 24.3. The van der Waals surface area contributed by atoms with Crippen molar-refractivity contribution in [1.29, 1.82) is 10.5 Å². The van der Waals surface area contributed by atoms with Gasteiger partial charge in [0.15, 0.2) is 5.79 Å². The van der Waals surface area contributed by atoms with Gasteiger partial charge in [-0.15, -0.1) is 0 Å². The van der Waals surface area contributed by atoms with Crippen LogP contribution in [0.2, 0.25) is 0 Å². The van der Waals surface area contributed by atoms with Crippen LogP contribution in [0.1, 0.15) is 61.8 Å². The maximum atomic E-state index is 13.6. The first-order valence-electron chi connectivity index (χ1n) is 13.7. The molecule has 2 saturated heterocycles. The molecule has 0 aromatic carbocycles. The number of carbonyl (C=O) groups is 3. The number of nitrogens with one attached hydrogen (secondary N) is 2. The highest BCUT2D eigenvalue weighted by atomic mass is 32.2. The summed E-state index contributed by atoms with van der Waals surface area (Å²) in [6.45, 7) is 13.9. The zero-order chi connectivity index (χ0) is 31.9. The summed E-state index contributed by atoms with van der Waals surface area (Å²) in [5.74, 6) is -0.822. The molecule has 2 aliphatic rings. The quantitative estimate of drug-likeness (QED) is 0.122. The van der Waals surface area contributed by atoms with E-state index < -0.39 is 65.5 Å². The Labute approximate surface area is 252 Å². The molecule has 13 nitrogen and oxygen atoms in total. The monoisotopic (exact) mass is 609 g/mol. The lowest BCUT2D eigenvalue weighted by atomic mass is 10.0. The topological polar surface area (TPSA) is 172 Å². The fourth-order valence-electron chi connectivity index (χ4n) is 4.58. The van der Waals surface area contributed by atoms with Gasteiger partial charge in [0.05, 0.1) is 30.9 Å². The number of nitriles is 2. The van der Waals surface area contributed by atoms with Crippen molar-refractivity contribution in [3.8, 4) is 12.1 Å². The Hall–Kier alpha value is -3.20. The Bertz CT molecular complexity index is 1100. The Kier molecular flexibility index (Phi) is 11.9. The Morgan fingerprint density at radius 3 is 2.24 bits per heavy atom.